The molecule has 0 aliphatic heterocycles. The average molecular weight is 281 g/mol. The van der Waals surface area contributed by atoms with Crippen molar-refractivity contribution in [3.05, 3.63) is 69.0 Å². The van der Waals surface area contributed by atoms with Crippen molar-refractivity contribution in [3.63, 3.8) is 0 Å². The standard InChI is InChI=1S/C13H10ClFN2O2/c14-10-5-6-11(15)9(7-10)8-16-12-3-1-2-4-13(12)17(18)19/h1-7,16H,8H2. The van der Waals surface area contributed by atoms with Gasteiger partial charge in [0.25, 0.3) is 5.69 Å². The van der Waals surface area contributed by atoms with Crippen LogP contribution in [0.5, 0.6) is 0 Å². The molecule has 0 radical (unpaired) electrons. The fourth-order valence-electron chi connectivity index (χ4n) is 1.65. The highest BCUT2D eigenvalue weighted by molar-refractivity contribution is 6.30. The molecule has 0 unspecified atom stereocenters. The van der Waals surface area contributed by atoms with Crippen molar-refractivity contribution in [1.82, 2.24) is 0 Å². The van der Waals surface area contributed by atoms with Crippen molar-refractivity contribution < 1.29 is 9.31 Å². The molecule has 2 rings (SSSR count). The number of nitro groups is 1. The Hall–Kier alpha value is -2.14. The fraction of sp³-hybridized carbons (Fsp3) is 0.0769. The summed E-state index contributed by atoms with van der Waals surface area (Å²) in [5.74, 6) is -0.407. The smallest absolute Gasteiger partial charge is 0.292 e. The third-order valence-corrected chi connectivity index (χ3v) is 2.81. The number of para-hydroxylation sites is 2. The van der Waals surface area contributed by atoms with Gasteiger partial charge in [-0.3, -0.25) is 10.1 Å². The first kappa shape index (κ1) is 13.3. The van der Waals surface area contributed by atoms with E-state index in [1.807, 2.05) is 0 Å². The quantitative estimate of drug-likeness (QED) is 0.680. The molecule has 0 aliphatic rings. The van der Waals surface area contributed by atoms with Crippen LogP contribution in [0.1, 0.15) is 5.56 Å². The van der Waals surface area contributed by atoms with Crippen LogP contribution in [0.4, 0.5) is 15.8 Å². The second-order valence-electron chi connectivity index (χ2n) is 3.86. The number of halogens is 2. The Balaban J connectivity index is 2.19. The van der Waals surface area contributed by atoms with Crippen molar-refractivity contribution in [1.29, 1.82) is 0 Å². The molecular formula is C13H10ClFN2O2. The largest absolute Gasteiger partial charge is 0.375 e. The van der Waals surface area contributed by atoms with E-state index >= 15 is 0 Å². The zero-order valence-corrected chi connectivity index (χ0v) is 10.5. The molecule has 19 heavy (non-hydrogen) atoms. The van der Waals surface area contributed by atoms with Gasteiger partial charge >= 0.3 is 0 Å². The van der Waals surface area contributed by atoms with E-state index in [1.54, 1.807) is 18.2 Å². The molecule has 98 valence electrons. The lowest BCUT2D eigenvalue weighted by Gasteiger charge is -2.08. The summed E-state index contributed by atoms with van der Waals surface area (Å²) in [6, 6.07) is 10.4. The molecule has 0 aliphatic carbocycles. The van der Waals surface area contributed by atoms with Gasteiger partial charge in [-0.2, -0.15) is 0 Å². The summed E-state index contributed by atoms with van der Waals surface area (Å²) in [7, 11) is 0. The van der Waals surface area contributed by atoms with E-state index < -0.39 is 10.7 Å². The monoisotopic (exact) mass is 280 g/mol. The van der Waals surface area contributed by atoms with Crippen LogP contribution >= 0.6 is 11.6 Å². The van der Waals surface area contributed by atoms with E-state index in [0.717, 1.165) is 0 Å². The third kappa shape index (κ3) is 3.20. The number of nitrogens with zero attached hydrogens (tertiary/aromatic N) is 1. The number of rotatable bonds is 4. The Kier molecular flexibility index (Phi) is 3.97. The topological polar surface area (TPSA) is 55.2 Å². The number of benzene rings is 2. The first-order valence-corrected chi connectivity index (χ1v) is 5.87. The van der Waals surface area contributed by atoms with E-state index in [0.29, 0.717) is 16.3 Å². The van der Waals surface area contributed by atoms with Crippen molar-refractivity contribution in [2.75, 3.05) is 5.32 Å². The molecule has 0 saturated carbocycles. The summed E-state index contributed by atoms with van der Waals surface area (Å²) in [6.45, 7) is 0.122. The van der Waals surface area contributed by atoms with Gasteiger partial charge in [0.15, 0.2) is 0 Å². The Morgan fingerprint density at radius 1 is 1.26 bits per heavy atom. The molecule has 4 nitrogen and oxygen atoms in total. The Morgan fingerprint density at radius 2 is 2.00 bits per heavy atom. The lowest BCUT2D eigenvalue weighted by Crippen LogP contribution is -2.04. The molecule has 2 aromatic carbocycles. The number of hydrogen-bond donors (Lipinski definition) is 1. The van der Waals surface area contributed by atoms with Gasteiger partial charge in [-0.15, -0.1) is 0 Å². The molecule has 0 aromatic heterocycles. The molecule has 6 heteroatoms. The van der Waals surface area contributed by atoms with Crippen molar-refractivity contribution in [2.24, 2.45) is 0 Å². The first-order valence-electron chi connectivity index (χ1n) is 5.49. The van der Waals surface area contributed by atoms with E-state index in [2.05, 4.69) is 5.32 Å². The van der Waals surface area contributed by atoms with Crippen LogP contribution in [0.3, 0.4) is 0 Å². The summed E-state index contributed by atoms with van der Waals surface area (Å²) >= 11 is 5.78. The molecule has 0 fully saturated rings. The van der Waals surface area contributed by atoms with Crippen molar-refractivity contribution in [3.8, 4) is 0 Å². The predicted molar refractivity (Wildman–Crippen MR) is 71.8 cm³/mol. The van der Waals surface area contributed by atoms with Crippen LogP contribution in [-0.4, -0.2) is 4.92 Å². The number of anilines is 1. The van der Waals surface area contributed by atoms with Crippen LogP contribution in [0, 0.1) is 15.9 Å². The van der Waals surface area contributed by atoms with E-state index in [-0.39, 0.29) is 12.2 Å². The minimum atomic E-state index is -0.489. The van der Waals surface area contributed by atoms with Crippen LogP contribution < -0.4 is 5.32 Å². The summed E-state index contributed by atoms with van der Waals surface area (Å²) in [4.78, 5) is 10.3. The zero-order valence-electron chi connectivity index (χ0n) is 9.77. The molecule has 0 bridgehead atoms. The highest BCUT2D eigenvalue weighted by atomic mass is 35.5. The second kappa shape index (κ2) is 5.67. The van der Waals surface area contributed by atoms with Gasteiger partial charge in [-0.25, -0.2) is 4.39 Å². The highest BCUT2D eigenvalue weighted by Gasteiger charge is 2.12. The van der Waals surface area contributed by atoms with E-state index in [9.17, 15) is 14.5 Å². The predicted octanol–water partition coefficient (Wildman–Crippen LogP) is 4.00. The molecule has 0 saturated heterocycles. The van der Waals surface area contributed by atoms with Gasteiger partial charge in [0.05, 0.1) is 4.92 Å². The summed E-state index contributed by atoms with van der Waals surface area (Å²) in [6.07, 6.45) is 0. The van der Waals surface area contributed by atoms with Gasteiger partial charge in [-0.1, -0.05) is 23.7 Å². The molecule has 0 atom stereocenters. The van der Waals surface area contributed by atoms with Crippen LogP contribution in [0.25, 0.3) is 0 Å². The molecule has 0 amide bonds. The van der Waals surface area contributed by atoms with Crippen molar-refractivity contribution >= 4 is 23.0 Å². The van der Waals surface area contributed by atoms with Crippen LogP contribution in [0.15, 0.2) is 42.5 Å². The normalized spacial score (nSPS) is 10.2. The van der Waals surface area contributed by atoms with Gasteiger partial charge < -0.3 is 5.32 Å². The second-order valence-corrected chi connectivity index (χ2v) is 4.30. The number of nitrogens with one attached hydrogen (secondary N) is 1. The molecule has 1 N–H and O–H groups in total. The fourth-order valence-corrected chi connectivity index (χ4v) is 1.85. The maximum atomic E-state index is 13.5. The molecule has 0 heterocycles. The number of nitro benzene ring substituents is 1. The molecule has 0 spiro atoms. The summed E-state index contributed by atoms with van der Waals surface area (Å²) < 4.78 is 13.5. The van der Waals surface area contributed by atoms with Crippen LogP contribution in [0.2, 0.25) is 5.02 Å². The maximum absolute atomic E-state index is 13.5. The summed E-state index contributed by atoms with van der Waals surface area (Å²) in [5, 5.41) is 14.1. The van der Waals surface area contributed by atoms with Crippen molar-refractivity contribution in [2.45, 2.75) is 6.54 Å². The van der Waals surface area contributed by atoms with Gasteiger partial charge in [0.1, 0.15) is 11.5 Å². The van der Waals surface area contributed by atoms with E-state index in [4.69, 9.17) is 11.6 Å². The van der Waals surface area contributed by atoms with Gasteiger partial charge in [0, 0.05) is 23.2 Å². The van der Waals surface area contributed by atoms with Gasteiger partial charge in [-0.05, 0) is 24.3 Å². The molecule has 2 aromatic rings. The Labute approximate surface area is 114 Å². The minimum absolute atomic E-state index is 0.0510. The third-order valence-electron chi connectivity index (χ3n) is 2.58. The first-order chi connectivity index (χ1) is 9.08. The number of hydrogen-bond acceptors (Lipinski definition) is 3. The zero-order chi connectivity index (χ0) is 13.8. The highest BCUT2D eigenvalue weighted by Crippen LogP contribution is 2.24. The SMILES string of the molecule is O=[N+]([O-])c1ccccc1NCc1cc(Cl)ccc1F. The van der Waals surface area contributed by atoms with Crippen LogP contribution in [-0.2, 0) is 6.54 Å². The Bertz CT molecular complexity index is 619. The van der Waals surface area contributed by atoms with E-state index in [1.165, 1.54) is 24.3 Å². The lowest BCUT2D eigenvalue weighted by molar-refractivity contribution is -0.384. The Morgan fingerprint density at radius 3 is 2.74 bits per heavy atom. The van der Waals surface area contributed by atoms with Gasteiger partial charge in [0.2, 0.25) is 0 Å². The maximum Gasteiger partial charge on any atom is 0.292 e. The average Bonchev–Trinajstić information content (AvgIpc) is 2.40. The molecular weight excluding hydrogens is 271 g/mol. The minimum Gasteiger partial charge on any atom is -0.375 e. The summed E-state index contributed by atoms with van der Waals surface area (Å²) in [5.41, 5.74) is 0.641. The lowest BCUT2D eigenvalue weighted by atomic mass is 10.2.